The lowest BCUT2D eigenvalue weighted by molar-refractivity contribution is -0.138. The van der Waals surface area contributed by atoms with E-state index in [9.17, 15) is 9.59 Å². The first kappa shape index (κ1) is 15.4. The van der Waals surface area contributed by atoms with Crippen molar-refractivity contribution in [2.24, 2.45) is 5.92 Å². The van der Waals surface area contributed by atoms with Crippen LogP contribution in [0.1, 0.15) is 26.7 Å². The molecule has 2 rings (SSSR count). The smallest absolute Gasteiger partial charge is 0.324 e. The van der Waals surface area contributed by atoms with Gasteiger partial charge in [-0.1, -0.05) is 18.2 Å². The normalized spacial score (nSPS) is 20.3. The van der Waals surface area contributed by atoms with Crippen LogP contribution in [0.5, 0.6) is 0 Å². The average molecular weight is 290 g/mol. The zero-order chi connectivity index (χ0) is 15.6. The van der Waals surface area contributed by atoms with Crippen LogP contribution in [0.2, 0.25) is 0 Å². The molecule has 114 valence electrons. The number of aliphatic carboxylic acids is 1. The van der Waals surface area contributed by atoms with Crippen LogP contribution in [-0.4, -0.2) is 41.1 Å². The van der Waals surface area contributed by atoms with Crippen molar-refractivity contribution in [2.75, 3.05) is 18.5 Å². The third-order valence-corrected chi connectivity index (χ3v) is 4.08. The summed E-state index contributed by atoms with van der Waals surface area (Å²) in [4.78, 5) is 27.0. The SMILES string of the molecule is CN(C(=O)N1CC(CC(=O)O)CC1(C)C)c1ccccc1. The van der Waals surface area contributed by atoms with Gasteiger partial charge in [-0.2, -0.15) is 0 Å². The van der Waals surface area contributed by atoms with Gasteiger partial charge in [-0.25, -0.2) is 4.79 Å². The summed E-state index contributed by atoms with van der Waals surface area (Å²) in [6.07, 6.45) is 0.829. The number of carboxylic acid groups (broad SMARTS) is 1. The van der Waals surface area contributed by atoms with Crippen LogP contribution in [0.15, 0.2) is 30.3 Å². The molecule has 1 saturated heterocycles. The number of amides is 2. The largest absolute Gasteiger partial charge is 0.481 e. The minimum atomic E-state index is -0.804. The van der Waals surface area contributed by atoms with Gasteiger partial charge in [0, 0.05) is 31.2 Å². The van der Waals surface area contributed by atoms with Crippen molar-refractivity contribution in [3.63, 3.8) is 0 Å². The molecule has 1 atom stereocenters. The number of carbonyl (C=O) groups excluding carboxylic acids is 1. The number of carboxylic acids is 1. The van der Waals surface area contributed by atoms with Gasteiger partial charge in [0.25, 0.3) is 0 Å². The molecule has 1 aromatic carbocycles. The molecule has 1 aliphatic rings. The van der Waals surface area contributed by atoms with Crippen molar-refractivity contribution in [3.05, 3.63) is 30.3 Å². The van der Waals surface area contributed by atoms with E-state index in [4.69, 9.17) is 5.11 Å². The maximum Gasteiger partial charge on any atom is 0.324 e. The van der Waals surface area contributed by atoms with Crippen LogP contribution in [0, 0.1) is 5.92 Å². The second-order valence-electron chi connectivity index (χ2n) is 6.27. The Bertz CT molecular complexity index is 528. The van der Waals surface area contributed by atoms with Gasteiger partial charge in [0.15, 0.2) is 0 Å². The molecule has 0 bridgehead atoms. The van der Waals surface area contributed by atoms with Crippen LogP contribution in [-0.2, 0) is 4.79 Å². The Hall–Kier alpha value is -2.04. The fraction of sp³-hybridized carbons (Fsp3) is 0.500. The highest BCUT2D eigenvalue weighted by molar-refractivity contribution is 5.92. The fourth-order valence-corrected chi connectivity index (χ4v) is 3.05. The molecule has 0 aliphatic carbocycles. The third kappa shape index (κ3) is 3.35. The van der Waals surface area contributed by atoms with Crippen LogP contribution in [0.3, 0.4) is 0 Å². The number of likely N-dealkylation sites (tertiary alicyclic amines) is 1. The van der Waals surface area contributed by atoms with E-state index in [1.165, 1.54) is 0 Å². The number of urea groups is 1. The topological polar surface area (TPSA) is 60.9 Å². The Morgan fingerprint density at radius 1 is 1.33 bits per heavy atom. The molecular weight excluding hydrogens is 268 g/mol. The lowest BCUT2D eigenvalue weighted by atomic mass is 9.94. The molecule has 1 heterocycles. The summed E-state index contributed by atoms with van der Waals surface area (Å²) in [6, 6.07) is 9.37. The van der Waals surface area contributed by atoms with Crippen molar-refractivity contribution >= 4 is 17.7 Å². The molecule has 5 heteroatoms. The predicted octanol–water partition coefficient (Wildman–Crippen LogP) is 2.82. The molecule has 0 saturated carbocycles. The van der Waals surface area contributed by atoms with Crippen molar-refractivity contribution in [1.82, 2.24) is 4.90 Å². The molecule has 1 fully saturated rings. The summed E-state index contributed by atoms with van der Waals surface area (Å²) >= 11 is 0. The average Bonchev–Trinajstić information content (AvgIpc) is 2.71. The van der Waals surface area contributed by atoms with Crippen LogP contribution >= 0.6 is 0 Å². The van der Waals surface area contributed by atoms with Gasteiger partial charge in [0.1, 0.15) is 0 Å². The predicted molar refractivity (Wildman–Crippen MR) is 81.4 cm³/mol. The Balaban J connectivity index is 2.13. The fourth-order valence-electron chi connectivity index (χ4n) is 3.05. The van der Waals surface area contributed by atoms with Crippen LogP contribution in [0.25, 0.3) is 0 Å². The number of hydrogen-bond acceptors (Lipinski definition) is 2. The van der Waals surface area contributed by atoms with Gasteiger partial charge in [-0.3, -0.25) is 9.69 Å². The van der Waals surface area contributed by atoms with E-state index in [0.29, 0.717) is 13.0 Å². The Kier molecular flexibility index (Phi) is 4.21. The molecule has 1 unspecified atom stereocenters. The minimum absolute atomic E-state index is 0.0191. The molecule has 0 radical (unpaired) electrons. The molecule has 21 heavy (non-hydrogen) atoms. The van der Waals surface area contributed by atoms with E-state index in [1.54, 1.807) is 16.8 Å². The third-order valence-electron chi connectivity index (χ3n) is 4.08. The van der Waals surface area contributed by atoms with E-state index in [1.807, 2.05) is 44.2 Å². The number of benzene rings is 1. The minimum Gasteiger partial charge on any atom is -0.481 e. The number of para-hydroxylation sites is 1. The Morgan fingerprint density at radius 2 is 1.95 bits per heavy atom. The van der Waals surface area contributed by atoms with Crippen molar-refractivity contribution in [2.45, 2.75) is 32.2 Å². The first-order chi connectivity index (χ1) is 9.81. The maximum atomic E-state index is 12.7. The maximum absolute atomic E-state index is 12.7. The molecule has 1 aliphatic heterocycles. The lowest BCUT2D eigenvalue weighted by Crippen LogP contribution is -2.48. The standard InChI is InChI=1S/C16H22N2O3/c1-16(2)10-12(9-14(19)20)11-18(16)15(21)17(3)13-7-5-4-6-8-13/h4-8,12H,9-11H2,1-3H3,(H,19,20). The molecule has 0 aromatic heterocycles. The zero-order valence-corrected chi connectivity index (χ0v) is 12.7. The molecule has 5 nitrogen and oxygen atoms in total. The molecular formula is C16H22N2O3. The van der Waals surface area contributed by atoms with Crippen molar-refractivity contribution in [1.29, 1.82) is 0 Å². The van der Waals surface area contributed by atoms with Gasteiger partial charge in [-0.15, -0.1) is 0 Å². The number of carbonyl (C=O) groups is 2. The summed E-state index contributed by atoms with van der Waals surface area (Å²) in [6.45, 7) is 4.48. The van der Waals surface area contributed by atoms with Crippen molar-refractivity contribution in [3.8, 4) is 0 Å². The number of rotatable bonds is 3. The van der Waals surface area contributed by atoms with Crippen LogP contribution in [0.4, 0.5) is 10.5 Å². The van der Waals surface area contributed by atoms with E-state index in [2.05, 4.69) is 0 Å². The highest BCUT2D eigenvalue weighted by Gasteiger charge is 2.42. The second kappa shape index (κ2) is 5.76. The second-order valence-corrected chi connectivity index (χ2v) is 6.27. The van der Waals surface area contributed by atoms with Gasteiger partial charge in [0.05, 0.1) is 0 Å². The summed E-state index contributed by atoms with van der Waals surface area (Å²) in [5.74, 6) is -0.785. The number of anilines is 1. The van der Waals surface area contributed by atoms with Crippen molar-refractivity contribution < 1.29 is 14.7 Å². The van der Waals surface area contributed by atoms with E-state index < -0.39 is 5.97 Å². The van der Waals surface area contributed by atoms with Gasteiger partial charge < -0.3 is 10.0 Å². The van der Waals surface area contributed by atoms with Gasteiger partial charge in [0.2, 0.25) is 0 Å². The first-order valence-electron chi connectivity index (χ1n) is 7.13. The summed E-state index contributed by atoms with van der Waals surface area (Å²) in [7, 11) is 1.75. The van der Waals surface area contributed by atoms with Crippen LogP contribution < -0.4 is 4.90 Å². The van der Waals surface area contributed by atoms with Gasteiger partial charge >= 0.3 is 12.0 Å². The highest BCUT2D eigenvalue weighted by Crippen LogP contribution is 2.35. The summed E-state index contributed by atoms with van der Waals surface area (Å²) in [5.41, 5.74) is 0.514. The molecule has 1 aromatic rings. The number of nitrogens with zero attached hydrogens (tertiary/aromatic N) is 2. The monoisotopic (exact) mass is 290 g/mol. The number of hydrogen-bond donors (Lipinski definition) is 1. The van der Waals surface area contributed by atoms with E-state index in [0.717, 1.165) is 5.69 Å². The highest BCUT2D eigenvalue weighted by atomic mass is 16.4. The first-order valence-corrected chi connectivity index (χ1v) is 7.13. The molecule has 0 spiro atoms. The Labute approximate surface area is 125 Å². The Morgan fingerprint density at radius 3 is 2.52 bits per heavy atom. The van der Waals surface area contributed by atoms with E-state index >= 15 is 0 Å². The summed E-state index contributed by atoms with van der Waals surface area (Å²) < 4.78 is 0. The lowest BCUT2D eigenvalue weighted by Gasteiger charge is -2.34. The van der Waals surface area contributed by atoms with Gasteiger partial charge in [-0.05, 0) is 38.3 Å². The summed E-state index contributed by atoms with van der Waals surface area (Å²) in [5, 5.41) is 8.94. The quantitative estimate of drug-likeness (QED) is 0.931. The molecule has 2 amide bonds. The molecule has 1 N–H and O–H groups in total. The van der Waals surface area contributed by atoms with E-state index in [-0.39, 0.29) is 23.9 Å². The zero-order valence-electron chi connectivity index (χ0n) is 12.7.